The van der Waals surface area contributed by atoms with Gasteiger partial charge < -0.3 is 0 Å². The maximum absolute atomic E-state index is 2.55. The molecule has 0 fully saturated rings. The smallest absolute Gasteiger partial charge is 0.0159 e. The summed E-state index contributed by atoms with van der Waals surface area (Å²) in [5.74, 6) is 0. The van der Waals surface area contributed by atoms with Crippen LogP contribution < -0.4 is 0 Å². The molecule has 5 aliphatic rings. The van der Waals surface area contributed by atoms with Crippen molar-refractivity contribution < 1.29 is 0 Å². The Labute approximate surface area is 380 Å². The lowest BCUT2D eigenvalue weighted by atomic mass is 9.80. The Bertz CT molecular complexity index is 3650. The SMILES string of the molecule is CC1(C)c2ccccc2-c2ccc(-c3ccc4c5c(cccc35)-c3cc5c(cc3-4)-c3cc4c(cc3C5(C)C)-c3cccc5c(-c6ccc7c(c6)C(C)(C)c6ccccc6-7)ccc-4c35)cc21. The second-order valence-corrected chi connectivity index (χ2v) is 21.2. The first-order valence-corrected chi connectivity index (χ1v) is 23.5. The molecule has 306 valence electrons. The summed E-state index contributed by atoms with van der Waals surface area (Å²) in [5.41, 5.74) is 32.6. The highest BCUT2D eigenvalue weighted by molar-refractivity contribution is 6.21. The molecule has 0 saturated carbocycles. The average molecular weight is 827 g/mol. The maximum Gasteiger partial charge on any atom is 0.0159 e. The summed E-state index contributed by atoms with van der Waals surface area (Å²) in [7, 11) is 0. The Morgan fingerprint density at radius 2 is 0.538 bits per heavy atom. The predicted molar refractivity (Wildman–Crippen MR) is 274 cm³/mol. The lowest BCUT2D eigenvalue weighted by Gasteiger charge is -2.23. The van der Waals surface area contributed by atoms with E-state index in [-0.39, 0.29) is 16.2 Å². The highest BCUT2D eigenvalue weighted by Gasteiger charge is 2.41. The van der Waals surface area contributed by atoms with Gasteiger partial charge in [0.25, 0.3) is 0 Å². The molecule has 0 radical (unpaired) electrons. The average Bonchev–Trinajstić information content (AvgIpc) is 4.03. The third-order valence-electron chi connectivity index (χ3n) is 17.0. The minimum atomic E-state index is -0.153. The molecule has 0 aliphatic heterocycles. The lowest BCUT2D eigenvalue weighted by Crippen LogP contribution is -2.15. The number of hydrogen-bond acceptors (Lipinski definition) is 0. The fraction of sp³-hybridized carbons (Fsp3) is 0.138. The standard InChI is InChI=1S/C65H46/c1-63(2)55-19-9-7-13-39(55)41-23-21-35(29-57(41)63)37-25-27-47-49-31-53-54-32-50-48-28-26-38(36-22-24-42-40-14-8-10-20-56(40)64(3,4)58(42)30-36)44-16-12-18-46(62(44)48)52(50)34-60(54)65(5,6)59(53)33-51(49)45-17-11-15-43(37)61(45)47/h7-34H,1-6H3. The molecule has 5 aliphatic carbocycles. The van der Waals surface area contributed by atoms with E-state index >= 15 is 0 Å². The molecule has 0 saturated heterocycles. The molecule has 0 bridgehead atoms. The zero-order chi connectivity index (χ0) is 43.5. The van der Waals surface area contributed by atoms with E-state index in [0.717, 1.165) is 0 Å². The minimum absolute atomic E-state index is 0.0385. The van der Waals surface area contributed by atoms with Gasteiger partial charge in [0.15, 0.2) is 0 Å². The predicted octanol–water partition coefficient (Wildman–Crippen LogP) is 17.5. The van der Waals surface area contributed by atoms with Crippen molar-refractivity contribution in [3.8, 4) is 100 Å². The third-order valence-corrected chi connectivity index (χ3v) is 17.0. The van der Waals surface area contributed by atoms with E-state index in [0.29, 0.717) is 0 Å². The highest BCUT2D eigenvalue weighted by Crippen LogP contribution is 2.60. The van der Waals surface area contributed by atoms with E-state index in [1.807, 2.05) is 0 Å². The van der Waals surface area contributed by atoms with Gasteiger partial charge >= 0.3 is 0 Å². The minimum Gasteiger partial charge on any atom is -0.0619 e. The Kier molecular flexibility index (Phi) is 6.49. The van der Waals surface area contributed by atoms with E-state index in [1.165, 1.54) is 155 Å². The van der Waals surface area contributed by atoms with Gasteiger partial charge in [-0.3, -0.25) is 0 Å². The zero-order valence-electron chi connectivity index (χ0n) is 37.7. The van der Waals surface area contributed by atoms with E-state index in [4.69, 9.17) is 0 Å². The van der Waals surface area contributed by atoms with Gasteiger partial charge in [0, 0.05) is 16.2 Å². The van der Waals surface area contributed by atoms with Crippen LogP contribution in [0.4, 0.5) is 0 Å². The second-order valence-electron chi connectivity index (χ2n) is 21.2. The Hall–Kier alpha value is -7.28. The summed E-state index contributed by atoms with van der Waals surface area (Å²) in [6, 6.07) is 66.0. The van der Waals surface area contributed by atoms with Crippen LogP contribution in [0.2, 0.25) is 0 Å². The van der Waals surface area contributed by atoms with Crippen molar-refractivity contribution in [3.63, 3.8) is 0 Å². The van der Waals surface area contributed by atoms with Gasteiger partial charge in [-0.05, 0) is 191 Å². The second kappa shape index (κ2) is 11.7. The molecular formula is C65H46. The molecule has 0 atom stereocenters. The number of hydrogen-bond donors (Lipinski definition) is 0. The van der Waals surface area contributed by atoms with Crippen LogP contribution in [0.1, 0.15) is 74.9 Å². The molecule has 0 amide bonds. The summed E-state index contributed by atoms with van der Waals surface area (Å²) in [4.78, 5) is 0. The summed E-state index contributed by atoms with van der Waals surface area (Å²) < 4.78 is 0. The highest BCUT2D eigenvalue weighted by atomic mass is 14.4. The lowest BCUT2D eigenvalue weighted by molar-refractivity contribution is 0.660. The van der Waals surface area contributed by atoms with Gasteiger partial charge in [-0.25, -0.2) is 0 Å². The van der Waals surface area contributed by atoms with E-state index in [2.05, 4.69) is 211 Å². The number of rotatable bonds is 2. The van der Waals surface area contributed by atoms with Crippen molar-refractivity contribution in [3.05, 3.63) is 203 Å². The van der Waals surface area contributed by atoms with Crippen LogP contribution in [0, 0.1) is 0 Å². The third kappa shape index (κ3) is 4.30. The molecule has 0 heterocycles. The fourth-order valence-electron chi connectivity index (χ4n) is 13.7. The number of benzene rings is 10. The van der Waals surface area contributed by atoms with Crippen LogP contribution in [0.25, 0.3) is 122 Å². The summed E-state index contributed by atoms with van der Waals surface area (Å²) >= 11 is 0. The molecule has 0 unspecified atom stereocenters. The fourth-order valence-corrected chi connectivity index (χ4v) is 13.7. The molecule has 10 aromatic rings. The van der Waals surface area contributed by atoms with Crippen molar-refractivity contribution in [1.29, 1.82) is 0 Å². The van der Waals surface area contributed by atoms with Crippen molar-refractivity contribution in [2.24, 2.45) is 0 Å². The van der Waals surface area contributed by atoms with Crippen LogP contribution in [0.3, 0.4) is 0 Å². The first kappa shape index (κ1) is 36.1. The van der Waals surface area contributed by atoms with E-state index in [1.54, 1.807) is 0 Å². The molecule has 65 heavy (non-hydrogen) atoms. The van der Waals surface area contributed by atoms with Crippen molar-refractivity contribution >= 4 is 21.5 Å². The Morgan fingerprint density at radius 1 is 0.215 bits per heavy atom. The summed E-state index contributed by atoms with van der Waals surface area (Å²) in [6.07, 6.45) is 0. The normalized spacial score (nSPS) is 15.9. The van der Waals surface area contributed by atoms with Crippen LogP contribution in [0.5, 0.6) is 0 Å². The van der Waals surface area contributed by atoms with Gasteiger partial charge in [-0.15, -0.1) is 0 Å². The van der Waals surface area contributed by atoms with Crippen LogP contribution in [-0.2, 0) is 16.2 Å². The summed E-state index contributed by atoms with van der Waals surface area (Å²) in [6.45, 7) is 14.4. The van der Waals surface area contributed by atoms with E-state index < -0.39 is 0 Å². The van der Waals surface area contributed by atoms with Gasteiger partial charge in [0.2, 0.25) is 0 Å². The quantitative estimate of drug-likeness (QED) is 0.163. The molecule has 0 nitrogen and oxygen atoms in total. The maximum atomic E-state index is 2.55. The topological polar surface area (TPSA) is 0 Å². The Morgan fingerprint density at radius 3 is 1.00 bits per heavy atom. The first-order chi connectivity index (χ1) is 31.5. The molecule has 0 spiro atoms. The zero-order valence-corrected chi connectivity index (χ0v) is 37.7. The molecule has 15 rings (SSSR count). The van der Waals surface area contributed by atoms with Crippen LogP contribution in [-0.4, -0.2) is 0 Å². The molecule has 10 aromatic carbocycles. The Balaban J connectivity index is 0.849. The van der Waals surface area contributed by atoms with Crippen LogP contribution in [0.15, 0.2) is 170 Å². The number of fused-ring (bicyclic) bond motifs is 15. The van der Waals surface area contributed by atoms with Crippen molar-refractivity contribution in [2.75, 3.05) is 0 Å². The molecule has 0 aromatic heterocycles. The van der Waals surface area contributed by atoms with Crippen molar-refractivity contribution in [2.45, 2.75) is 57.8 Å². The van der Waals surface area contributed by atoms with Crippen LogP contribution >= 0.6 is 0 Å². The monoisotopic (exact) mass is 826 g/mol. The molecule has 0 N–H and O–H groups in total. The van der Waals surface area contributed by atoms with Crippen molar-refractivity contribution in [1.82, 2.24) is 0 Å². The largest absolute Gasteiger partial charge is 0.0619 e. The van der Waals surface area contributed by atoms with Gasteiger partial charge in [-0.2, -0.15) is 0 Å². The van der Waals surface area contributed by atoms with Gasteiger partial charge in [-0.1, -0.05) is 175 Å². The first-order valence-electron chi connectivity index (χ1n) is 23.5. The van der Waals surface area contributed by atoms with E-state index in [9.17, 15) is 0 Å². The summed E-state index contributed by atoms with van der Waals surface area (Å²) in [5, 5.41) is 5.43. The van der Waals surface area contributed by atoms with Gasteiger partial charge in [0.1, 0.15) is 0 Å². The van der Waals surface area contributed by atoms with Gasteiger partial charge in [0.05, 0.1) is 0 Å². The molecule has 0 heteroatoms. The molecular weight excluding hydrogens is 781 g/mol.